The lowest BCUT2D eigenvalue weighted by atomic mass is 10.0. The van der Waals surface area contributed by atoms with Crippen LogP contribution in [0.15, 0.2) is 0 Å². The van der Waals surface area contributed by atoms with Gasteiger partial charge in [-0.1, -0.05) is 285 Å². The Hall–Kier alpha value is -1.94. The zero-order valence-corrected chi connectivity index (χ0v) is 56.5. The fraction of sp³-hybridized carbons (Fsp3) is 0.939. The third-order valence-corrected chi connectivity index (χ3v) is 17.2. The number of ether oxygens (including phenoxy) is 4. The van der Waals surface area contributed by atoms with E-state index >= 15 is 0 Å². The Kier molecular flexibility index (Phi) is 58.3. The third-order valence-electron chi connectivity index (χ3n) is 15.3. The van der Waals surface area contributed by atoms with Gasteiger partial charge in [0.1, 0.15) is 19.3 Å². The Morgan fingerprint density at radius 3 is 0.800 bits per heavy atom. The van der Waals surface area contributed by atoms with E-state index in [2.05, 4.69) is 34.6 Å². The molecule has 17 nitrogen and oxygen atoms in total. The predicted octanol–water partition coefficient (Wildman–Crippen LogP) is 18.6. The van der Waals surface area contributed by atoms with Crippen molar-refractivity contribution in [2.24, 2.45) is 5.92 Å². The molecule has 0 aliphatic carbocycles. The first kappa shape index (κ1) is 83.1. The van der Waals surface area contributed by atoms with Gasteiger partial charge in [0, 0.05) is 25.7 Å². The first-order valence-electron chi connectivity index (χ1n) is 34.6. The normalized spacial score (nSPS) is 14.2. The number of aliphatic hydroxyl groups excluding tert-OH is 1. The molecule has 0 saturated heterocycles. The highest BCUT2D eigenvalue weighted by atomic mass is 31.2. The SMILES string of the molecule is CCCCCCCCCCCCCCCC(=O)OC[C@H](COP(=O)(O)OC[C@@H](O)COP(=O)(O)OC[C@@H](COC(=O)CCCCCCCCC)OC(=O)CCCCCCCCCCC)OC(=O)CCCCCCCCCCCCCCCC(C)C. The van der Waals surface area contributed by atoms with Crippen molar-refractivity contribution in [1.82, 2.24) is 0 Å². The van der Waals surface area contributed by atoms with Crippen LogP contribution in [0.1, 0.15) is 336 Å². The summed E-state index contributed by atoms with van der Waals surface area (Å²) in [6, 6.07) is 0. The van der Waals surface area contributed by atoms with E-state index in [9.17, 15) is 43.2 Å². The van der Waals surface area contributed by atoms with Crippen molar-refractivity contribution in [2.45, 2.75) is 355 Å². The van der Waals surface area contributed by atoms with Crippen molar-refractivity contribution in [1.29, 1.82) is 0 Å². The van der Waals surface area contributed by atoms with Gasteiger partial charge in [0.25, 0.3) is 0 Å². The van der Waals surface area contributed by atoms with Gasteiger partial charge >= 0.3 is 39.5 Å². The van der Waals surface area contributed by atoms with Crippen LogP contribution in [0, 0.1) is 5.92 Å². The van der Waals surface area contributed by atoms with E-state index in [1.54, 1.807) is 0 Å². The lowest BCUT2D eigenvalue weighted by molar-refractivity contribution is -0.161. The highest BCUT2D eigenvalue weighted by molar-refractivity contribution is 7.47. The highest BCUT2D eigenvalue weighted by Gasteiger charge is 2.30. The molecular weight excluding hydrogens is 1130 g/mol. The largest absolute Gasteiger partial charge is 0.472 e. The third kappa shape index (κ3) is 60.7. The van der Waals surface area contributed by atoms with Gasteiger partial charge < -0.3 is 33.8 Å². The number of hydrogen-bond acceptors (Lipinski definition) is 15. The van der Waals surface area contributed by atoms with Crippen molar-refractivity contribution >= 4 is 39.5 Å². The molecule has 0 aromatic rings. The summed E-state index contributed by atoms with van der Waals surface area (Å²) in [5.41, 5.74) is 0. The number of unbranched alkanes of at least 4 members (excludes halogenated alkanes) is 38. The summed E-state index contributed by atoms with van der Waals surface area (Å²) >= 11 is 0. The molecule has 85 heavy (non-hydrogen) atoms. The Bertz CT molecular complexity index is 1650. The molecule has 0 aliphatic rings. The zero-order valence-electron chi connectivity index (χ0n) is 54.7. The topological polar surface area (TPSA) is 237 Å². The van der Waals surface area contributed by atoms with E-state index in [4.69, 9.17) is 37.0 Å². The van der Waals surface area contributed by atoms with E-state index in [0.717, 1.165) is 109 Å². The maximum atomic E-state index is 13.0. The van der Waals surface area contributed by atoms with Crippen LogP contribution in [0.3, 0.4) is 0 Å². The van der Waals surface area contributed by atoms with E-state index in [-0.39, 0.29) is 25.7 Å². The fourth-order valence-corrected chi connectivity index (χ4v) is 11.5. The van der Waals surface area contributed by atoms with E-state index in [1.807, 2.05) is 0 Å². The summed E-state index contributed by atoms with van der Waals surface area (Å²) in [5, 5.41) is 10.5. The van der Waals surface area contributed by atoms with Crippen LogP contribution < -0.4 is 0 Å². The Labute approximate surface area is 517 Å². The molecule has 0 fully saturated rings. The van der Waals surface area contributed by atoms with Crippen molar-refractivity contribution in [3.63, 3.8) is 0 Å². The molecule has 0 aliphatic heterocycles. The standard InChI is InChI=1S/C66H128O17P2/c1-6-9-12-15-18-20-21-23-27-31-35-40-45-50-64(69)77-56-62(83-66(71)52-47-42-37-32-28-25-22-24-26-30-34-38-43-48-59(4)5)58-81-85(74,75)79-54-60(67)53-78-84(72,73)80-57-61(55-76-63(68)49-44-39-33-17-14-11-8-3)82-65(70)51-46-41-36-29-19-16-13-10-7-2/h59-62,67H,6-58H2,1-5H3,(H,72,73)(H,74,75)/t60-,61+,62+/m0/s1. The van der Waals surface area contributed by atoms with Crippen molar-refractivity contribution in [3.8, 4) is 0 Å². The summed E-state index contributed by atoms with van der Waals surface area (Å²) in [4.78, 5) is 72.2. The molecule has 19 heteroatoms. The fourth-order valence-electron chi connectivity index (χ4n) is 9.94. The Balaban J connectivity index is 5.19. The number of phosphoric acid groups is 2. The molecule has 504 valence electrons. The monoisotopic (exact) mass is 1250 g/mol. The second-order valence-electron chi connectivity index (χ2n) is 24.3. The van der Waals surface area contributed by atoms with Gasteiger partial charge in [0.15, 0.2) is 12.2 Å². The number of carbonyl (C=O) groups excluding carboxylic acids is 4. The second kappa shape index (κ2) is 59.7. The zero-order chi connectivity index (χ0) is 62.8. The summed E-state index contributed by atoms with van der Waals surface area (Å²) < 4.78 is 68.0. The van der Waals surface area contributed by atoms with Crippen LogP contribution in [0.25, 0.3) is 0 Å². The number of aliphatic hydroxyl groups is 1. The van der Waals surface area contributed by atoms with Crippen LogP contribution in [-0.4, -0.2) is 96.7 Å². The number of phosphoric ester groups is 2. The lowest BCUT2D eigenvalue weighted by Gasteiger charge is -2.21. The summed E-state index contributed by atoms with van der Waals surface area (Å²) in [7, 11) is -9.88. The molecule has 0 bridgehead atoms. The molecule has 0 aromatic carbocycles. The van der Waals surface area contributed by atoms with Crippen LogP contribution in [-0.2, 0) is 65.4 Å². The van der Waals surface area contributed by atoms with Crippen molar-refractivity contribution in [3.05, 3.63) is 0 Å². The van der Waals surface area contributed by atoms with Crippen LogP contribution in [0.2, 0.25) is 0 Å². The number of carbonyl (C=O) groups is 4. The molecule has 2 unspecified atom stereocenters. The number of rotatable bonds is 66. The molecule has 0 rings (SSSR count). The molecule has 5 atom stereocenters. The average Bonchev–Trinajstić information content (AvgIpc) is 3.53. The summed E-state index contributed by atoms with van der Waals surface area (Å²) in [5.74, 6) is -1.35. The number of esters is 4. The minimum absolute atomic E-state index is 0.106. The smallest absolute Gasteiger partial charge is 0.462 e. The van der Waals surface area contributed by atoms with Gasteiger partial charge in [-0.2, -0.15) is 0 Å². The molecule has 0 radical (unpaired) electrons. The molecule has 0 amide bonds. The molecular formula is C66H128O17P2. The van der Waals surface area contributed by atoms with E-state index < -0.39 is 97.5 Å². The second-order valence-corrected chi connectivity index (χ2v) is 27.2. The molecule has 0 spiro atoms. The van der Waals surface area contributed by atoms with Crippen molar-refractivity contribution < 1.29 is 80.2 Å². The van der Waals surface area contributed by atoms with Gasteiger partial charge in [0.2, 0.25) is 0 Å². The maximum Gasteiger partial charge on any atom is 0.472 e. The minimum atomic E-state index is -4.95. The molecule has 0 aromatic heterocycles. The van der Waals surface area contributed by atoms with Gasteiger partial charge in [0.05, 0.1) is 26.4 Å². The van der Waals surface area contributed by atoms with E-state index in [1.165, 1.54) is 148 Å². The quantitative estimate of drug-likeness (QED) is 0.0222. The first-order valence-corrected chi connectivity index (χ1v) is 37.6. The summed E-state index contributed by atoms with van der Waals surface area (Å²) in [6.07, 6.45) is 44.5. The lowest BCUT2D eigenvalue weighted by Crippen LogP contribution is -2.30. The molecule has 3 N–H and O–H groups in total. The van der Waals surface area contributed by atoms with Crippen LogP contribution in [0.5, 0.6) is 0 Å². The number of hydrogen-bond donors (Lipinski definition) is 3. The predicted molar refractivity (Wildman–Crippen MR) is 340 cm³/mol. The van der Waals surface area contributed by atoms with Gasteiger partial charge in [-0.25, -0.2) is 9.13 Å². The average molecular weight is 1260 g/mol. The maximum absolute atomic E-state index is 13.0. The van der Waals surface area contributed by atoms with Gasteiger partial charge in [-0.15, -0.1) is 0 Å². The van der Waals surface area contributed by atoms with Crippen molar-refractivity contribution in [2.75, 3.05) is 39.6 Å². The Morgan fingerprint density at radius 2 is 0.541 bits per heavy atom. The Morgan fingerprint density at radius 1 is 0.318 bits per heavy atom. The summed E-state index contributed by atoms with van der Waals surface area (Å²) in [6.45, 7) is 7.18. The molecule has 0 saturated carbocycles. The highest BCUT2D eigenvalue weighted by Crippen LogP contribution is 2.45. The molecule has 0 heterocycles. The van der Waals surface area contributed by atoms with Crippen LogP contribution >= 0.6 is 15.6 Å². The van der Waals surface area contributed by atoms with Gasteiger partial charge in [-0.05, 0) is 31.6 Å². The van der Waals surface area contributed by atoms with E-state index in [0.29, 0.717) is 25.7 Å². The van der Waals surface area contributed by atoms with Crippen LogP contribution in [0.4, 0.5) is 0 Å². The van der Waals surface area contributed by atoms with Gasteiger partial charge in [-0.3, -0.25) is 37.3 Å². The minimum Gasteiger partial charge on any atom is -0.462 e. The first-order chi connectivity index (χ1) is 41.0.